The van der Waals surface area contributed by atoms with Crippen LogP contribution in [-0.4, -0.2) is 24.8 Å². The van der Waals surface area contributed by atoms with Gasteiger partial charge < -0.3 is 10.6 Å². The number of urea groups is 1. The highest BCUT2D eigenvalue weighted by atomic mass is 19.4. The highest BCUT2D eigenvalue weighted by Gasteiger charge is 2.39. The van der Waals surface area contributed by atoms with Gasteiger partial charge in [-0.1, -0.05) is 27.7 Å². The van der Waals surface area contributed by atoms with Gasteiger partial charge in [-0.05, 0) is 30.1 Å². The van der Waals surface area contributed by atoms with Crippen LogP contribution in [0.2, 0.25) is 0 Å². The van der Waals surface area contributed by atoms with Gasteiger partial charge in [0.25, 0.3) is 0 Å². The molecule has 0 aliphatic heterocycles. The number of amides is 2. The lowest BCUT2D eigenvalue weighted by Gasteiger charge is -2.45. The van der Waals surface area contributed by atoms with Gasteiger partial charge in [0.05, 0.1) is 0 Å². The van der Waals surface area contributed by atoms with Crippen LogP contribution in [0.5, 0.6) is 0 Å². The molecule has 2 N–H and O–H groups in total. The van der Waals surface area contributed by atoms with Gasteiger partial charge in [0.2, 0.25) is 0 Å². The molecule has 6 heteroatoms. The Morgan fingerprint density at radius 2 is 1.63 bits per heavy atom. The molecule has 0 aromatic rings. The predicted molar refractivity (Wildman–Crippen MR) is 67.8 cm³/mol. The lowest BCUT2D eigenvalue weighted by atomic mass is 9.63. The van der Waals surface area contributed by atoms with Crippen molar-refractivity contribution in [2.24, 2.45) is 10.8 Å². The zero-order chi connectivity index (χ0) is 14.9. The molecule has 0 saturated heterocycles. The summed E-state index contributed by atoms with van der Waals surface area (Å²) in [4.78, 5) is 11.5. The largest absolute Gasteiger partial charge is 0.405 e. The molecule has 0 atom stereocenters. The number of rotatable bonds is 2. The van der Waals surface area contributed by atoms with Crippen molar-refractivity contribution < 1.29 is 18.0 Å². The first-order chi connectivity index (χ1) is 8.39. The van der Waals surface area contributed by atoms with E-state index >= 15 is 0 Å². The van der Waals surface area contributed by atoms with Gasteiger partial charge >= 0.3 is 12.2 Å². The third kappa shape index (κ3) is 6.16. The minimum atomic E-state index is -4.37. The second-order valence-electron chi connectivity index (χ2n) is 7.05. The van der Waals surface area contributed by atoms with Crippen molar-refractivity contribution in [1.29, 1.82) is 0 Å². The van der Waals surface area contributed by atoms with Gasteiger partial charge in [-0.25, -0.2) is 4.79 Å². The predicted octanol–water partition coefficient (Wildman–Crippen LogP) is 3.45. The van der Waals surface area contributed by atoms with E-state index in [1.807, 2.05) is 5.32 Å². The number of carbonyl (C=O) groups is 1. The Balaban J connectivity index is 2.50. The molecule has 0 aromatic heterocycles. The number of hydrogen-bond acceptors (Lipinski definition) is 1. The molecule has 1 saturated carbocycles. The molecule has 0 radical (unpaired) electrons. The number of hydrogen-bond donors (Lipinski definition) is 2. The molecular weight excluding hydrogens is 257 g/mol. The monoisotopic (exact) mass is 280 g/mol. The maximum absolute atomic E-state index is 12.0. The highest BCUT2D eigenvalue weighted by molar-refractivity contribution is 5.74. The quantitative estimate of drug-likeness (QED) is 0.799. The molecule has 1 rings (SSSR count). The Bertz CT molecular complexity index is 321. The fourth-order valence-corrected chi connectivity index (χ4v) is 3.37. The van der Waals surface area contributed by atoms with Crippen molar-refractivity contribution in [3.63, 3.8) is 0 Å². The van der Waals surface area contributed by atoms with Crippen LogP contribution >= 0.6 is 0 Å². The number of alkyl halides is 3. The topological polar surface area (TPSA) is 41.1 Å². The maximum atomic E-state index is 12.0. The molecule has 1 fully saturated rings. The van der Waals surface area contributed by atoms with E-state index in [4.69, 9.17) is 0 Å². The summed E-state index contributed by atoms with van der Waals surface area (Å²) in [6, 6.07) is -0.817. The van der Waals surface area contributed by atoms with E-state index in [9.17, 15) is 18.0 Å². The van der Waals surface area contributed by atoms with Crippen molar-refractivity contribution in [2.75, 3.05) is 6.54 Å². The van der Waals surface area contributed by atoms with E-state index in [0.29, 0.717) is 0 Å². The van der Waals surface area contributed by atoms with Gasteiger partial charge in [-0.15, -0.1) is 0 Å². The Labute approximate surface area is 112 Å². The average Bonchev–Trinajstić information content (AvgIpc) is 2.07. The molecule has 2 amide bonds. The summed E-state index contributed by atoms with van der Waals surface area (Å²) < 4.78 is 36.0. The smallest absolute Gasteiger partial charge is 0.335 e. The van der Waals surface area contributed by atoms with E-state index in [2.05, 4.69) is 33.0 Å². The van der Waals surface area contributed by atoms with E-state index < -0.39 is 18.8 Å². The molecule has 0 spiro atoms. The number of carbonyl (C=O) groups excluding carboxylic acids is 1. The Hall–Kier alpha value is -0.940. The highest BCUT2D eigenvalue weighted by Crippen LogP contribution is 2.45. The van der Waals surface area contributed by atoms with Crippen LogP contribution in [-0.2, 0) is 0 Å². The van der Waals surface area contributed by atoms with Crippen molar-refractivity contribution >= 4 is 6.03 Å². The molecule has 0 heterocycles. The van der Waals surface area contributed by atoms with Gasteiger partial charge in [0, 0.05) is 6.04 Å². The van der Waals surface area contributed by atoms with Crippen molar-refractivity contribution in [2.45, 2.75) is 59.2 Å². The second-order valence-corrected chi connectivity index (χ2v) is 7.05. The molecule has 1 aliphatic rings. The van der Waals surface area contributed by atoms with Crippen molar-refractivity contribution in [1.82, 2.24) is 10.6 Å². The molecular formula is C13H23F3N2O. The summed E-state index contributed by atoms with van der Waals surface area (Å²) in [5.74, 6) is 0. The standard InChI is InChI=1S/C13H23F3N2O/c1-11(2)5-9(6-12(3,4)7-11)18-10(19)17-8-13(14,15)16/h9H,5-8H2,1-4H3,(H2,17,18,19). The Morgan fingerprint density at radius 1 is 1.16 bits per heavy atom. The minimum Gasteiger partial charge on any atom is -0.335 e. The first kappa shape index (κ1) is 16.1. The van der Waals surface area contributed by atoms with Gasteiger partial charge in [-0.3, -0.25) is 0 Å². The summed E-state index contributed by atoms with van der Waals surface area (Å²) >= 11 is 0. The lowest BCUT2D eigenvalue weighted by Crippen LogP contribution is -2.50. The maximum Gasteiger partial charge on any atom is 0.405 e. The summed E-state index contributed by atoms with van der Waals surface area (Å²) in [6.07, 6.45) is -1.75. The normalized spacial score (nSPS) is 22.9. The Morgan fingerprint density at radius 3 is 2.05 bits per heavy atom. The van der Waals surface area contributed by atoms with Crippen LogP contribution in [0.3, 0.4) is 0 Å². The SMILES string of the molecule is CC1(C)CC(NC(=O)NCC(F)(F)F)CC(C)(C)C1. The second kappa shape index (κ2) is 5.21. The molecule has 19 heavy (non-hydrogen) atoms. The Kier molecular flexibility index (Phi) is 4.42. The first-order valence-corrected chi connectivity index (χ1v) is 6.50. The zero-order valence-corrected chi connectivity index (χ0v) is 11.9. The molecule has 0 bridgehead atoms. The first-order valence-electron chi connectivity index (χ1n) is 6.50. The van der Waals surface area contributed by atoms with E-state index in [1.54, 1.807) is 0 Å². The van der Waals surface area contributed by atoms with Crippen LogP contribution in [0.15, 0.2) is 0 Å². The molecule has 1 aliphatic carbocycles. The lowest BCUT2D eigenvalue weighted by molar-refractivity contribution is -0.122. The van der Waals surface area contributed by atoms with E-state index in [-0.39, 0.29) is 16.9 Å². The summed E-state index contributed by atoms with van der Waals surface area (Å²) in [5, 5.41) is 4.50. The number of nitrogens with one attached hydrogen (secondary N) is 2. The van der Waals surface area contributed by atoms with Crippen LogP contribution < -0.4 is 10.6 Å². The number of halogens is 3. The van der Waals surface area contributed by atoms with Crippen LogP contribution in [0.4, 0.5) is 18.0 Å². The average molecular weight is 280 g/mol. The molecule has 0 unspecified atom stereocenters. The summed E-state index contributed by atoms with van der Waals surface area (Å²) in [7, 11) is 0. The van der Waals surface area contributed by atoms with Gasteiger partial charge in [-0.2, -0.15) is 13.2 Å². The third-order valence-corrected chi connectivity index (χ3v) is 3.34. The van der Waals surface area contributed by atoms with Crippen LogP contribution in [0.25, 0.3) is 0 Å². The van der Waals surface area contributed by atoms with E-state index in [1.165, 1.54) is 0 Å². The third-order valence-electron chi connectivity index (χ3n) is 3.34. The van der Waals surface area contributed by atoms with Crippen LogP contribution in [0, 0.1) is 10.8 Å². The van der Waals surface area contributed by atoms with Gasteiger partial charge in [0.15, 0.2) is 0 Å². The van der Waals surface area contributed by atoms with Crippen molar-refractivity contribution in [3.05, 3.63) is 0 Å². The molecule has 112 valence electrons. The minimum absolute atomic E-state index is 0.0769. The molecule has 3 nitrogen and oxygen atoms in total. The fraction of sp³-hybridized carbons (Fsp3) is 0.923. The van der Waals surface area contributed by atoms with E-state index in [0.717, 1.165) is 19.3 Å². The van der Waals surface area contributed by atoms with Gasteiger partial charge in [0.1, 0.15) is 6.54 Å². The zero-order valence-electron chi connectivity index (χ0n) is 11.9. The summed E-state index contributed by atoms with van der Waals surface area (Å²) in [6.45, 7) is 7.19. The molecule has 0 aromatic carbocycles. The summed E-state index contributed by atoms with van der Waals surface area (Å²) in [5.41, 5.74) is 0.174. The fourth-order valence-electron chi connectivity index (χ4n) is 3.37. The van der Waals surface area contributed by atoms with Crippen LogP contribution in [0.1, 0.15) is 47.0 Å². The van der Waals surface area contributed by atoms with Crippen molar-refractivity contribution in [3.8, 4) is 0 Å².